The molecule has 0 atom stereocenters. The number of hydrogen-bond donors (Lipinski definition) is 2. The van der Waals surface area contributed by atoms with Gasteiger partial charge in [0.25, 0.3) is 0 Å². The summed E-state index contributed by atoms with van der Waals surface area (Å²) in [6, 6.07) is 1.96. The third kappa shape index (κ3) is 2.51. The summed E-state index contributed by atoms with van der Waals surface area (Å²) in [5, 5.41) is 12.0. The van der Waals surface area contributed by atoms with Gasteiger partial charge in [0.2, 0.25) is 0 Å². The minimum atomic E-state index is -0.556. The highest BCUT2D eigenvalue weighted by molar-refractivity contribution is 5.98. The summed E-state index contributed by atoms with van der Waals surface area (Å²) in [5.74, 6) is -0.164. The number of ether oxygens (including phenoxy) is 1. The number of nitrogens with two attached hydrogens (primary N) is 1. The number of hydrogen-bond acceptors (Lipinski definition) is 6. The van der Waals surface area contributed by atoms with Crippen LogP contribution in [0.2, 0.25) is 0 Å². The number of aryl methyl sites for hydroxylation is 1. The van der Waals surface area contributed by atoms with Crippen molar-refractivity contribution in [2.75, 3.05) is 24.2 Å². The summed E-state index contributed by atoms with van der Waals surface area (Å²) < 4.78 is 4.90. The number of esters is 1. The molecule has 0 fully saturated rings. The molecule has 6 nitrogen and oxygen atoms in total. The number of carbonyl (C=O) groups is 1. The maximum absolute atomic E-state index is 11.8. The van der Waals surface area contributed by atoms with Gasteiger partial charge in [-0.15, -0.1) is 0 Å². The zero-order chi connectivity index (χ0) is 13.7. The van der Waals surface area contributed by atoms with E-state index in [0.29, 0.717) is 18.1 Å². The van der Waals surface area contributed by atoms with Crippen LogP contribution in [0.5, 0.6) is 0 Å². The number of aromatic nitrogens is 1. The van der Waals surface area contributed by atoms with E-state index in [2.05, 4.69) is 10.3 Å². The lowest BCUT2D eigenvalue weighted by atomic mass is 10.1. The summed E-state index contributed by atoms with van der Waals surface area (Å²) >= 11 is 0. The Labute approximate surface area is 106 Å². The zero-order valence-corrected chi connectivity index (χ0v) is 10.7. The molecular weight excluding hydrogens is 232 g/mol. The van der Waals surface area contributed by atoms with Crippen LogP contribution >= 0.6 is 0 Å². The molecule has 1 heterocycles. The standard InChI is InChI=1S/C12H16N4O2/c1-4-15-11-8(6-13)10(14)9(7(3)16-11)12(17)18-5-2/h4-5H2,1-3H3,(H3,14,15,16). The molecule has 0 aliphatic heterocycles. The highest BCUT2D eigenvalue weighted by atomic mass is 16.5. The van der Waals surface area contributed by atoms with E-state index in [1.165, 1.54) is 0 Å². The van der Waals surface area contributed by atoms with E-state index in [-0.39, 0.29) is 23.4 Å². The van der Waals surface area contributed by atoms with Crippen LogP contribution in [0.1, 0.15) is 35.5 Å². The van der Waals surface area contributed by atoms with E-state index in [1.54, 1.807) is 13.8 Å². The van der Waals surface area contributed by atoms with Gasteiger partial charge in [-0.05, 0) is 20.8 Å². The largest absolute Gasteiger partial charge is 0.462 e. The van der Waals surface area contributed by atoms with E-state index in [0.717, 1.165) is 0 Å². The van der Waals surface area contributed by atoms with Gasteiger partial charge in [-0.2, -0.15) is 5.26 Å². The average molecular weight is 248 g/mol. The van der Waals surface area contributed by atoms with Gasteiger partial charge >= 0.3 is 5.97 Å². The third-order valence-corrected chi connectivity index (χ3v) is 2.35. The number of carbonyl (C=O) groups excluding carboxylic acids is 1. The molecule has 96 valence electrons. The van der Waals surface area contributed by atoms with Crippen LogP contribution in [0.15, 0.2) is 0 Å². The Morgan fingerprint density at radius 3 is 2.72 bits per heavy atom. The Balaban J connectivity index is 3.39. The summed E-state index contributed by atoms with van der Waals surface area (Å²) in [5.41, 5.74) is 6.74. The first-order valence-corrected chi connectivity index (χ1v) is 5.67. The Morgan fingerprint density at radius 1 is 1.56 bits per heavy atom. The van der Waals surface area contributed by atoms with Gasteiger partial charge in [0.1, 0.15) is 23.0 Å². The third-order valence-electron chi connectivity index (χ3n) is 2.35. The lowest BCUT2D eigenvalue weighted by Crippen LogP contribution is -2.15. The van der Waals surface area contributed by atoms with Crippen molar-refractivity contribution in [3.8, 4) is 6.07 Å². The fourth-order valence-corrected chi connectivity index (χ4v) is 1.60. The van der Waals surface area contributed by atoms with Gasteiger partial charge in [0, 0.05) is 6.54 Å². The normalized spacial score (nSPS) is 9.67. The molecule has 0 saturated heterocycles. The first-order chi connectivity index (χ1) is 8.56. The van der Waals surface area contributed by atoms with Gasteiger partial charge in [0.15, 0.2) is 0 Å². The number of nitrogen functional groups attached to an aromatic ring is 1. The van der Waals surface area contributed by atoms with Crippen LogP contribution in [0, 0.1) is 18.3 Å². The molecule has 1 aromatic heterocycles. The molecule has 0 amide bonds. The van der Waals surface area contributed by atoms with Gasteiger partial charge in [0.05, 0.1) is 18.0 Å². The quantitative estimate of drug-likeness (QED) is 0.782. The average Bonchev–Trinajstić information content (AvgIpc) is 2.29. The summed E-state index contributed by atoms with van der Waals surface area (Å²) in [6.07, 6.45) is 0. The molecule has 0 radical (unpaired) electrons. The zero-order valence-electron chi connectivity index (χ0n) is 10.7. The molecular formula is C12H16N4O2. The fourth-order valence-electron chi connectivity index (χ4n) is 1.60. The van der Waals surface area contributed by atoms with Crippen LogP contribution in [0.3, 0.4) is 0 Å². The Morgan fingerprint density at radius 2 is 2.22 bits per heavy atom. The van der Waals surface area contributed by atoms with E-state index in [4.69, 9.17) is 15.7 Å². The number of nitrogens with zero attached hydrogens (tertiary/aromatic N) is 2. The van der Waals surface area contributed by atoms with E-state index in [9.17, 15) is 4.79 Å². The lowest BCUT2D eigenvalue weighted by molar-refractivity contribution is 0.0526. The number of pyridine rings is 1. The monoisotopic (exact) mass is 248 g/mol. The molecule has 0 spiro atoms. The minimum Gasteiger partial charge on any atom is -0.462 e. The molecule has 0 unspecified atom stereocenters. The SMILES string of the molecule is CCNc1nc(C)c(C(=O)OCC)c(N)c1C#N. The van der Waals surface area contributed by atoms with Crippen molar-refractivity contribution in [1.82, 2.24) is 4.98 Å². The summed E-state index contributed by atoms with van der Waals surface area (Å²) in [7, 11) is 0. The van der Waals surface area contributed by atoms with Crippen molar-refractivity contribution < 1.29 is 9.53 Å². The van der Waals surface area contributed by atoms with Crippen LogP contribution in [0.4, 0.5) is 11.5 Å². The smallest absolute Gasteiger partial charge is 0.342 e. The van der Waals surface area contributed by atoms with Crippen LogP contribution < -0.4 is 11.1 Å². The van der Waals surface area contributed by atoms with Crippen LogP contribution in [0.25, 0.3) is 0 Å². The van der Waals surface area contributed by atoms with Crippen LogP contribution in [-0.4, -0.2) is 24.1 Å². The van der Waals surface area contributed by atoms with Gasteiger partial charge in [-0.3, -0.25) is 0 Å². The molecule has 0 aliphatic carbocycles. The van der Waals surface area contributed by atoms with Gasteiger partial charge < -0.3 is 15.8 Å². The summed E-state index contributed by atoms with van der Waals surface area (Å²) in [4.78, 5) is 15.9. The van der Waals surface area contributed by atoms with E-state index >= 15 is 0 Å². The number of nitriles is 1. The second-order valence-electron chi connectivity index (χ2n) is 3.57. The highest BCUT2D eigenvalue weighted by Crippen LogP contribution is 2.26. The molecule has 0 aliphatic rings. The predicted octanol–water partition coefficient (Wildman–Crippen LogP) is 1.45. The highest BCUT2D eigenvalue weighted by Gasteiger charge is 2.21. The maximum Gasteiger partial charge on any atom is 0.342 e. The Bertz CT molecular complexity index is 506. The molecule has 1 aromatic rings. The first kappa shape index (κ1) is 13.8. The van der Waals surface area contributed by atoms with Gasteiger partial charge in [-0.25, -0.2) is 9.78 Å². The van der Waals surface area contributed by atoms with Crippen molar-refractivity contribution in [1.29, 1.82) is 5.26 Å². The molecule has 0 aromatic carbocycles. The Hall–Kier alpha value is -2.29. The summed E-state index contributed by atoms with van der Waals surface area (Å²) in [6.45, 7) is 6.10. The second kappa shape index (κ2) is 5.87. The fraction of sp³-hybridized carbons (Fsp3) is 0.417. The van der Waals surface area contributed by atoms with Crippen molar-refractivity contribution in [2.45, 2.75) is 20.8 Å². The number of nitrogens with one attached hydrogen (secondary N) is 1. The van der Waals surface area contributed by atoms with E-state index < -0.39 is 5.97 Å². The molecule has 6 heteroatoms. The van der Waals surface area contributed by atoms with Crippen molar-refractivity contribution in [3.63, 3.8) is 0 Å². The van der Waals surface area contributed by atoms with Gasteiger partial charge in [-0.1, -0.05) is 0 Å². The second-order valence-corrected chi connectivity index (χ2v) is 3.57. The molecule has 18 heavy (non-hydrogen) atoms. The maximum atomic E-state index is 11.8. The lowest BCUT2D eigenvalue weighted by Gasteiger charge is -2.13. The molecule has 3 N–H and O–H groups in total. The number of rotatable bonds is 4. The molecule has 1 rings (SSSR count). The molecule has 0 saturated carbocycles. The van der Waals surface area contributed by atoms with Crippen LogP contribution in [-0.2, 0) is 4.74 Å². The van der Waals surface area contributed by atoms with Crippen molar-refractivity contribution in [2.24, 2.45) is 0 Å². The Kier molecular flexibility index (Phi) is 4.49. The topological polar surface area (TPSA) is 101 Å². The van der Waals surface area contributed by atoms with Crippen molar-refractivity contribution >= 4 is 17.5 Å². The molecule has 0 bridgehead atoms. The first-order valence-electron chi connectivity index (χ1n) is 5.67. The minimum absolute atomic E-state index is 0.111. The van der Waals surface area contributed by atoms with E-state index in [1.807, 2.05) is 13.0 Å². The van der Waals surface area contributed by atoms with Crippen molar-refractivity contribution in [3.05, 3.63) is 16.8 Å². The predicted molar refractivity (Wildman–Crippen MR) is 68.2 cm³/mol. The number of anilines is 2.